The lowest BCUT2D eigenvalue weighted by Gasteiger charge is -2.11. The molecule has 4 heteroatoms. The number of rotatable bonds is 5. The van der Waals surface area contributed by atoms with Crippen LogP contribution in [0.4, 0.5) is 0 Å². The molecule has 0 atom stereocenters. The standard InChI is InChI=1S/C60H38N4/c1-4-16-41(17-5-1)61-53-25-13-10-22-45(53)49-36-59-50(35-57(49)61)47-24-12-15-27-55(47)63(59)44-31-28-39(29-32-44)40-30-33-48-52-38-58-51(37-60(52)64(56(48)34-40)43-20-8-3-9-21-43)46-23-11-14-26-54(46)62(58)42-18-6-2-7-19-42/h1-38H. The van der Waals surface area contributed by atoms with E-state index in [0.29, 0.717) is 0 Å². The molecule has 4 heterocycles. The van der Waals surface area contributed by atoms with Gasteiger partial charge in [0.1, 0.15) is 0 Å². The first-order valence-electron chi connectivity index (χ1n) is 22.0. The van der Waals surface area contributed by atoms with E-state index in [2.05, 4.69) is 249 Å². The third-order valence-electron chi connectivity index (χ3n) is 13.5. The Morgan fingerprint density at radius 1 is 0.172 bits per heavy atom. The van der Waals surface area contributed by atoms with Crippen molar-refractivity contribution in [1.29, 1.82) is 0 Å². The topological polar surface area (TPSA) is 19.7 Å². The maximum Gasteiger partial charge on any atom is 0.0548 e. The fraction of sp³-hybridized carbons (Fsp3) is 0. The summed E-state index contributed by atoms with van der Waals surface area (Å²) in [7, 11) is 0. The van der Waals surface area contributed by atoms with Crippen LogP contribution in [0.3, 0.4) is 0 Å². The van der Waals surface area contributed by atoms with Gasteiger partial charge in [-0.2, -0.15) is 0 Å². The van der Waals surface area contributed by atoms with Crippen molar-refractivity contribution >= 4 is 87.2 Å². The first-order chi connectivity index (χ1) is 31.8. The normalized spacial score (nSPS) is 12.1. The Labute approximate surface area is 368 Å². The molecule has 0 radical (unpaired) electrons. The Morgan fingerprint density at radius 3 is 0.844 bits per heavy atom. The van der Waals surface area contributed by atoms with Crippen molar-refractivity contribution in [2.24, 2.45) is 0 Å². The summed E-state index contributed by atoms with van der Waals surface area (Å²) in [5, 5.41) is 9.95. The van der Waals surface area contributed by atoms with Crippen molar-refractivity contribution in [2.45, 2.75) is 0 Å². The second-order valence-electron chi connectivity index (χ2n) is 17.0. The third kappa shape index (κ3) is 4.99. The lowest BCUT2D eigenvalue weighted by Crippen LogP contribution is -1.95. The molecule has 0 saturated carbocycles. The second-order valence-corrected chi connectivity index (χ2v) is 17.0. The van der Waals surface area contributed by atoms with Crippen molar-refractivity contribution in [3.05, 3.63) is 231 Å². The highest BCUT2D eigenvalue weighted by Crippen LogP contribution is 2.42. The molecule has 4 aromatic heterocycles. The number of para-hydroxylation sites is 6. The molecule has 0 aliphatic heterocycles. The molecule has 0 fully saturated rings. The highest BCUT2D eigenvalue weighted by molar-refractivity contribution is 6.20. The van der Waals surface area contributed by atoms with E-state index < -0.39 is 0 Å². The molecule has 14 aromatic rings. The van der Waals surface area contributed by atoms with Gasteiger partial charge in [-0.3, -0.25) is 0 Å². The van der Waals surface area contributed by atoms with Gasteiger partial charge < -0.3 is 18.3 Å². The second kappa shape index (κ2) is 13.4. The zero-order valence-electron chi connectivity index (χ0n) is 34.7. The molecular weight excluding hydrogens is 777 g/mol. The van der Waals surface area contributed by atoms with Crippen molar-refractivity contribution in [3.63, 3.8) is 0 Å². The Hall–Kier alpha value is -8.60. The van der Waals surface area contributed by atoms with Crippen LogP contribution in [0.1, 0.15) is 0 Å². The molecule has 0 spiro atoms. The predicted molar refractivity (Wildman–Crippen MR) is 269 cm³/mol. The minimum absolute atomic E-state index is 1.14. The Bertz CT molecular complexity index is 4150. The van der Waals surface area contributed by atoms with E-state index in [9.17, 15) is 0 Å². The fourth-order valence-electron chi connectivity index (χ4n) is 10.7. The van der Waals surface area contributed by atoms with Gasteiger partial charge in [-0.15, -0.1) is 0 Å². The fourth-order valence-corrected chi connectivity index (χ4v) is 10.7. The zero-order chi connectivity index (χ0) is 41.9. The number of aromatic nitrogens is 4. The van der Waals surface area contributed by atoms with Crippen molar-refractivity contribution in [1.82, 2.24) is 18.3 Å². The maximum absolute atomic E-state index is 2.45. The van der Waals surface area contributed by atoms with Gasteiger partial charge in [0.15, 0.2) is 0 Å². The van der Waals surface area contributed by atoms with E-state index in [0.717, 1.165) is 17.1 Å². The summed E-state index contributed by atoms with van der Waals surface area (Å²) in [5.74, 6) is 0. The summed E-state index contributed by atoms with van der Waals surface area (Å²) in [6.07, 6.45) is 0. The quantitative estimate of drug-likeness (QED) is 0.165. The number of benzene rings is 10. The molecule has 0 aliphatic carbocycles. The van der Waals surface area contributed by atoms with Crippen LogP contribution in [0.5, 0.6) is 0 Å². The first kappa shape index (κ1) is 35.0. The predicted octanol–water partition coefficient (Wildman–Crippen LogP) is 15.7. The lowest BCUT2D eigenvalue weighted by molar-refractivity contribution is 1.17. The Balaban J connectivity index is 0.947. The van der Waals surface area contributed by atoms with Crippen molar-refractivity contribution < 1.29 is 0 Å². The molecule has 64 heavy (non-hydrogen) atoms. The molecule has 0 saturated heterocycles. The monoisotopic (exact) mass is 814 g/mol. The van der Waals surface area contributed by atoms with Gasteiger partial charge in [0.25, 0.3) is 0 Å². The van der Waals surface area contributed by atoms with Crippen LogP contribution < -0.4 is 0 Å². The van der Waals surface area contributed by atoms with Crippen molar-refractivity contribution in [2.75, 3.05) is 0 Å². The van der Waals surface area contributed by atoms with E-state index in [1.165, 1.54) is 104 Å². The van der Waals surface area contributed by atoms with Crippen LogP contribution in [0.2, 0.25) is 0 Å². The number of hydrogen-bond acceptors (Lipinski definition) is 0. The van der Waals surface area contributed by atoms with Gasteiger partial charge in [-0.05, 0) is 108 Å². The van der Waals surface area contributed by atoms with E-state index in [1.54, 1.807) is 0 Å². The van der Waals surface area contributed by atoms with Gasteiger partial charge in [-0.1, -0.05) is 133 Å². The van der Waals surface area contributed by atoms with Crippen LogP contribution in [0.25, 0.3) is 121 Å². The molecule has 14 rings (SSSR count). The third-order valence-corrected chi connectivity index (χ3v) is 13.5. The molecule has 0 unspecified atom stereocenters. The van der Waals surface area contributed by atoms with E-state index in [1.807, 2.05) is 0 Å². The van der Waals surface area contributed by atoms with Gasteiger partial charge in [-0.25, -0.2) is 0 Å². The molecule has 10 aromatic carbocycles. The highest BCUT2D eigenvalue weighted by atomic mass is 15.0. The summed E-state index contributed by atoms with van der Waals surface area (Å²) in [6, 6.07) is 84.4. The van der Waals surface area contributed by atoms with Gasteiger partial charge in [0.2, 0.25) is 0 Å². The number of fused-ring (bicyclic) bond motifs is 12. The number of hydrogen-bond donors (Lipinski definition) is 0. The smallest absolute Gasteiger partial charge is 0.0548 e. The largest absolute Gasteiger partial charge is 0.309 e. The van der Waals surface area contributed by atoms with Crippen LogP contribution >= 0.6 is 0 Å². The van der Waals surface area contributed by atoms with Crippen LogP contribution in [0.15, 0.2) is 231 Å². The van der Waals surface area contributed by atoms with Crippen molar-refractivity contribution in [3.8, 4) is 33.9 Å². The zero-order valence-corrected chi connectivity index (χ0v) is 34.7. The van der Waals surface area contributed by atoms with Crippen LogP contribution in [0, 0.1) is 0 Å². The molecule has 4 nitrogen and oxygen atoms in total. The summed E-state index contributed by atoms with van der Waals surface area (Å²) in [5.41, 5.74) is 16.6. The average molecular weight is 815 g/mol. The van der Waals surface area contributed by atoms with Gasteiger partial charge >= 0.3 is 0 Å². The van der Waals surface area contributed by atoms with Gasteiger partial charge in [0, 0.05) is 65.8 Å². The summed E-state index contributed by atoms with van der Waals surface area (Å²) in [6.45, 7) is 0. The first-order valence-corrected chi connectivity index (χ1v) is 22.0. The molecule has 0 bridgehead atoms. The number of nitrogens with zero attached hydrogens (tertiary/aromatic N) is 4. The summed E-state index contributed by atoms with van der Waals surface area (Å²) >= 11 is 0. The van der Waals surface area contributed by atoms with Crippen LogP contribution in [-0.2, 0) is 0 Å². The van der Waals surface area contributed by atoms with Crippen LogP contribution in [-0.4, -0.2) is 18.3 Å². The SMILES string of the molecule is c1ccc(-n2c3ccccc3c3cc4c(cc32)c2ccccc2n4-c2ccc(-c3ccc4c5cc6c(cc5n(-c5ccccc5)c4c3)c3ccccc3n6-c3ccccc3)cc2)cc1. The summed E-state index contributed by atoms with van der Waals surface area (Å²) in [4.78, 5) is 0. The molecular formula is C60H38N4. The molecule has 298 valence electrons. The summed E-state index contributed by atoms with van der Waals surface area (Å²) < 4.78 is 9.71. The lowest BCUT2D eigenvalue weighted by atomic mass is 10.0. The average Bonchev–Trinajstić information content (AvgIpc) is 4.07. The van der Waals surface area contributed by atoms with E-state index in [4.69, 9.17) is 0 Å². The maximum atomic E-state index is 2.45. The van der Waals surface area contributed by atoms with E-state index in [-0.39, 0.29) is 0 Å². The van der Waals surface area contributed by atoms with E-state index >= 15 is 0 Å². The minimum atomic E-state index is 1.14. The minimum Gasteiger partial charge on any atom is -0.309 e. The Morgan fingerprint density at radius 2 is 0.453 bits per heavy atom. The highest BCUT2D eigenvalue weighted by Gasteiger charge is 2.21. The Kier molecular flexibility index (Phi) is 7.36. The molecule has 0 amide bonds. The molecule has 0 N–H and O–H groups in total. The van der Waals surface area contributed by atoms with Gasteiger partial charge in [0.05, 0.1) is 44.1 Å². The molecule has 0 aliphatic rings.